The lowest BCUT2D eigenvalue weighted by Gasteiger charge is -2.28. The number of benzene rings is 2. The van der Waals surface area contributed by atoms with Crippen LogP contribution in [-0.4, -0.2) is 61.2 Å². The zero-order valence-electron chi connectivity index (χ0n) is 17.3. The van der Waals surface area contributed by atoms with E-state index in [1.165, 1.54) is 11.8 Å². The van der Waals surface area contributed by atoms with Crippen molar-refractivity contribution >= 4 is 51.7 Å². The van der Waals surface area contributed by atoms with E-state index in [4.69, 9.17) is 21.1 Å². The number of morpholine rings is 1. The highest BCUT2D eigenvalue weighted by molar-refractivity contribution is 7.99. The van der Waals surface area contributed by atoms with Crippen molar-refractivity contribution in [1.29, 1.82) is 0 Å². The van der Waals surface area contributed by atoms with Gasteiger partial charge in [-0.15, -0.1) is 0 Å². The molecule has 1 fully saturated rings. The number of aromatic nitrogens is 2. The summed E-state index contributed by atoms with van der Waals surface area (Å²) in [6, 6.07) is 13.5. The Morgan fingerprint density at radius 1 is 1.23 bits per heavy atom. The number of nitrogens with one attached hydrogen (secondary N) is 1. The molecule has 2 heterocycles. The molecule has 0 bridgehead atoms. The van der Waals surface area contributed by atoms with Gasteiger partial charge in [0, 0.05) is 43.1 Å². The Morgan fingerprint density at radius 2 is 2.00 bits per heavy atom. The summed E-state index contributed by atoms with van der Waals surface area (Å²) in [6.45, 7) is 4.48. The summed E-state index contributed by atoms with van der Waals surface area (Å²) in [4.78, 5) is 19.5. The van der Waals surface area contributed by atoms with E-state index in [9.17, 15) is 4.79 Å². The summed E-state index contributed by atoms with van der Waals surface area (Å²) in [7, 11) is 1.67. The van der Waals surface area contributed by atoms with E-state index in [-0.39, 0.29) is 11.7 Å². The highest BCUT2D eigenvalue weighted by Crippen LogP contribution is 2.26. The lowest BCUT2D eigenvalue weighted by molar-refractivity contribution is -0.113. The van der Waals surface area contributed by atoms with Crippen LogP contribution in [0.4, 0.5) is 11.4 Å². The molecule has 7 nitrogen and oxygen atoms in total. The van der Waals surface area contributed by atoms with Gasteiger partial charge in [0.25, 0.3) is 0 Å². The summed E-state index contributed by atoms with van der Waals surface area (Å²) in [5, 5.41) is 4.37. The van der Waals surface area contributed by atoms with Gasteiger partial charge in [-0.1, -0.05) is 23.4 Å². The maximum Gasteiger partial charge on any atom is 0.234 e. The van der Waals surface area contributed by atoms with E-state index < -0.39 is 0 Å². The fraction of sp³-hybridized carbons (Fsp3) is 0.364. The Bertz CT molecular complexity index is 1040. The van der Waals surface area contributed by atoms with Crippen LogP contribution in [0.3, 0.4) is 0 Å². The quantitative estimate of drug-likeness (QED) is 0.514. The zero-order chi connectivity index (χ0) is 21.6. The van der Waals surface area contributed by atoms with E-state index in [0.29, 0.717) is 18.2 Å². The molecule has 0 saturated carbocycles. The van der Waals surface area contributed by atoms with Crippen LogP contribution in [0, 0.1) is 0 Å². The predicted molar refractivity (Wildman–Crippen MR) is 125 cm³/mol. The van der Waals surface area contributed by atoms with Gasteiger partial charge in [-0.05, 0) is 42.5 Å². The first-order chi connectivity index (χ1) is 15.1. The van der Waals surface area contributed by atoms with Gasteiger partial charge in [0.2, 0.25) is 5.91 Å². The second-order valence-electron chi connectivity index (χ2n) is 7.15. The molecule has 0 spiro atoms. The van der Waals surface area contributed by atoms with E-state index in [2.05, 4.69) is 19.8 Å². The molecule has 1 amide bonds. The van der Waals surface area contributed by atoms with Crippen molar-refractivity contribution in [2.45, 2.75) is 11.7 Å². The number of anilines is 2. The molecule has 4 rings (SSSR count). The molecular weight excluding hydrogens is 436 g/mol. The second kappa shape index (κ2) is 10.4. The van der Waals surface area contributed by atoms with E-state index >= 15 is 0 Å². The van der Waals surface area contributed by atoms with E-state index in [0.717, 1.165) is 53.9 Å². The molecule has 0 atom stereocenters. The SMILES string of the molecule is COCCn1c(SCC(=O)Nc2ccc(N3CCOCC3)cc2)nc2cc(Cl)ccc21. The number of carbonyl (C=O) groups is 1. The summed E-state index contributed by atoms with van der Waals surface area (Å²) in [5.41, 5.74) is 3.71. The van der Waals surface area contributed by atoms with Crippen LogP contribution in [0.5, 0.6) is 0 Å². The molecule has 9 heteroatoms. The topological polar surface area (TPSA) is 68.6 Å². The first-order valence-electron chi connectivity index (χ1n) is 10.1. The van der Waals surface area contributed by atoms with Crippen molar-refractivity contribution in [3.8, 4) is 0 Å². The van der Waals surface area contributed by atoms with Crippen molar-refractivity contribution in [3.63, 3.8) is 0 Å². The van der Waals surface area contributed by atoms with Gasteiger partial charge in [0.1, 0.15) is 0 Å². The van der Waals surface area contributed by atoms with E-state index in [1.807, 2.05) is 42.5 Å². The maximum atomic E-state index is 12.5. The number of hydrogen-bond acceptors (Lipinski definition) is 6. The average Bonchev–Trinajstić information content (AvgIpc) is 3.13. The Balaban J connectivity index is 1.38. The van der Waals surface area contributed by atoms with Gasteiger partial charge in [0.15, 0.2) is 5.16 Å². The van der Waals surface area contributed by atoms with Crippen LogP contribution in [-0.2, 0) is 20.8 Å². The van der Waals surface area contributed by atoms with E-state index in [1.54, 1.807) is 7.11 Å². The lowest BCUT2D eigenvalue weighted by atomic mass is 10.2. The van der Waals surface area contributed by atoms with Crippen molar-refractivity contribution in [1.82, 2.24) is 9.55 Å². The Morgan fingerprint density at radius 3 is 2.74 bits per heavy atom. The van der Waals surface area contributed by atoms with Crippen molar-refractivity contribution in [2.24, 2.45) is 0 Å². The first kappa shape index (κ1) is 22.0. The molecule has 1 N–H and O–H groups in total. The molecule has 31 heavy (non-hydrogen) atoms. The van der Waals surface area contributed by atoms with Crippen LogP contribution in [0.15, 0.2) is 47.6 Å². The number of hydrogen-bond donors (Lipinski definition) is 1. The minimum atomic E-state index is -0.0764. The molecule has 1 aromatic heterocycles. The van der Waals surface area contributed by atoms with Gasteiger partial charge < -0.3 is 24.3 Å². The normalized spacial score (nSPS) is 14.2. The zero-order valence-corrected chi connectivity index (χ0v) is 18.9. The highest BCUT2D eigenvalue weighted by atomic mass is 35.5. The molecule has 0 radical (unpaired) electrons. The molecule has 0 aliphatic carbocycles. The molecule has 164 valence electrons. The number of ether oxygens (including phenoxy) is 2. The van der Waals surface area contributed by atoms with Gasteiger partial charge in [-0.2, -0.15) is 0 Å². The summed E-state index contributed by atoms with van der Waals surface area (Å²) in [5.74, 6) is 0.183. The van der Waals surface area contributed by atoms with Crippen LogP contribution < -0.4 is 10.2 Å². The predicted octanol–water partition coefficient (Wildman–Crippen LogP) is 3.90. The minimum absolute atomic E-state index is 0.0764. The molecule has 1 saturated heterocycles. The van der Waals surface area contributed by atoms with Gasteiger partial charge >= 0.3 is 0 Å². The largest absolute Gasteiger partial charge is 0.383 e. The van der Waals surface area contributed by atoms with Gasteiger partial charge in [-0.25, -0.2) is 4.98 Å². The Kier molecular flexibility index (Phi) is 7.34. The third-order valence-electron chi connectivity index (χ3n) is 5.05. The first-order valence-corrected chi connectivity index (χ1v) is 11.5. The summed E-state index contributed by atoms with van der Waals surface area (Å²) >= 11 is 7.51. The number of carbonyl (C=O) groups excluding carboxylic acids is 1. The van der Waals surface area contributed by atoms with Crippen molar-refractivity contribution in [3.05, 3.63) is 47.5 Å². The molecule has 1 aliphatic rings. The Labute approximate surface area is 190 Å². The number of amides is 1. The van der Waals surface area contributed by atoms with Crippen LogP contribution in [0.2, 0.25) is 5.02 Å². The van der Waals surface area contributed by atoms with Crippen LogP contribution in [0.1, 0.15) is 0 Å². The molecular formula is C22H25ClN4O3S. The Hall–Kier alpha value is -2.26. The van der Waals surface area contributed by atoms with Crippen LogP contribution in [0.25, 0.3) is 11.0 Å². The third-order valence-corrected chi connectivity index (χ3v) is 6.27. The second-order valence-corrected chi connectivity index (χ2v) is 8.53. The monoisotopic (exact) mass is 460 g/mol. The standard InChI is InChI=1S/C22H25ClN4O3S/c1-29-11-10-27-20-7-2-16(23)14-19(20)25-22(27)31-15-21(28)24-17-3-5-18(6-4-17)26-8-12-30-13-9-26/h2-7,14H,8-13,15H2,1H3,(H,24,28). The number of halogens is 1. The highest BCUT2D eigenvalue weighted by Gasteiger charge is 2.14. The number of nitrogens with zero attached hydrogens (tertiary/aromatic N) is 3. The number of fused-ring (bicyclic) bond motifs is 1. The number of methoxy groups -OCH3 is 1. The maximum absolute atomic E-state index is 12.5. The number of rotatable bonds is 8. The molecule has 2 aromatic carbocycles. The molecule has 0 unspecified atom stereocenters. The van der Waals surface area contributed by atoms with Gasteiger partial charge in [0.05, 0.1) is 36.6 Å². The fourth-order valence-corrected chi connectivity index (χ4v) is 4.50. The third kappa shape index (κ3) is 5.51. The van der Waals surface area contributed by atoms with Crippen LogP contribution >= 0.6 is 23.4 Å². The summed E-state index contributed by atoms with van der Waals surface area (Å²) in [6.07, 6.45) is 0. The minimum Gasteiger partial charge on any atom is -0.383 e. The lowest BCUT2D eigenvalue weighted by Crippen LogP contribution is -2.36. The smallest absolute Gasteiger partial charge is 0.234 e. The van der Waals surface area contributed by atoms with Crippen molar-refractivity contribution in [2.75, 3.05) is 56.0 Å². The molecule has 1 aliphatic heterocycles. The average molecular weight is 461 g/mol. The van der Waals surface area contributed by atoms with Crippen molar-refractivity contribution < 1.29 is 14.3 Å². The summed E-state index contributed by atoms with van der Waals surface area (Å²) < 4.78 is 12.7. The number of thioether (sulfide) groups is 1. The van der Waals surface area contributed by atoms with Gasteiger partial charge in [-0.3, -0.25) is 4.79 Å². The fourth-order valence-electron chi connectivity index (χ4n) is 3.49. The number of imidazole rings is 1. The molecule has 3 aromatic rings.